The Labute approximate surface area is 161 Å². The molecule has 0 bridgehead atoms. The highest BCUT2D eigenvalue weighted by molar-refractivity contribution is 7.99. The van der Waals surface area contributed by atoms with Crippen LogP contribution in [0.3, 0.4) is 0 Å². The Balaban J connectivity index is 1.65. The Morgan fingerprint density at radius 2 is 2.12 bits per heavy atom. The molecule has 3 aromatic rings. The number of amides is 1. The van der Waals surface area contributed by atoms with Gasteiger partial charge in [0, 0.05) is 6.07 Å². The fraction of sp³-hybridized carbons (Fsp3) is 0.263. The molecule has 1 aromatic heterocycles. The third-order valence-electron chi connectivity index (χ3n) is 3.78. The highest BCUT2D eigenvalue weighted by atomic mass is 35.5. The zero-order valence-electron chi connectivity index (χ0n) is 14.9. The molecule has 1 amide bonds. The van der Waals surface area contributed by atoms with Gasteiger partial charge in [-0.05, 0) is 50.1 Å². The Morgan fingerprint density at radius 1 is 1.31 bits per heavy atom. The molecule has 7 heteroatoms. The molecule has 0 atom stereocenters. The zero-order valence-corrected chi connectivity index (χ0v) is 16.4. The summed E-state index contributed by atoms with van der Waals surface area (Å²) in [4.78, 5) is 20.0. The van der Waals surface area contributed by atoms with E-state index in [1.807, 2.05) is 51.1 Å². The molecule has 0 fully saturated rings. The van der Waals surface area contributed by atoms with Crippen LogP contribution in [0.1, 0.15) is 18.1 Å². The number of aromatic amines is 1. The van der Waals surface area contributed by atoms with Crippen LogP contribution in [-0.2, 0) is 4.79 Å². The summed E-state index contributed by atoms with van der Waals surface area (Å²) in [5.74, 6) is 0.906. The van der Waals surface area contributed by atoms with E-state index in [4.69, 9.17) is 16.3 Å². The monoisotopic (exact) mass is 389 g/mol. The average Bonchev–Trinajstić information content (AvgIpc) is 2.99. The van der Waals surface area contributed by atoms with E-state index in [0.717, 1.165) is 27.9 Å². The van der Waals surface area contributed by atoms with Gasteiger partial charge in [0.25, 0.3) is 0 Å². The van der Waals surface area contributed by atoms with E-state index in [1.165, 1.54) is 11.8 Å². The molecule has 0 saturated carbocycles. The van der Waals surface area contributed by atoms with E-state index in [2.05, 4.69) is 15.3 Å². The fourth-order valence-corrected chi connectivity index (χ4v) is 3.73. The molecule has 2 N–H and O–H groups in total. The number of carbonyl (C=O) groups excluding carboxylic acids is 1. The van der Waals surface area contributed by atoms with Gasteiger partial charge in [-0.15, -0.1) is 0 Å². The number of fused-ring (bicyclic) bond motifs is 1. The Bertz CT molecular complexity index is 932. The van der Waals surface area contributed by atoms with Gasteiger partial charge >= 0.3 is 0 Å². The maximum absolute atomic E-state index is 12.3. The largest absolute Gasteiger partial charge is 0.494 e. The van der Waals surface area contributed by atoms with Gasteiger partial charge < -0.3 is 15.0 Å². The molecule has 0 aliphatic rings. The number of H-pyrrole nitrogens is 1. The van der Waals surface area contributed by atoms with E-state index in [0.29, 0.717) is 22.5 Å². The lowest BCUT2D eigenvalue weighted by atomic mass is 10.1. The van der Waals surface area contributed by atoms with Crippen LogP contribution in [0.25, 0.3) is 11.0 Å². The number of ether oxygens (including phenoxy) is 1. The summed E-state index contributed by atoms with van der Waals surface area (Å²) in [7, 11) is 0. The number of hydrogen-bond donors (Lipinski definition) is 2. The van der Waals surface area contributed by atoms with Gasteiger partial charge in [0.1, 0.15) is 5.75 Å². The van der Waals surface area contributed by atoms with E-state index in [9.17, 15) is 4.79 Å². The van der Waals surface area contributed by atoms with Crippen molar-refractivity contribution in [2.45, 2.75) is 25.9 Å². The van der Waals surface area contributed by atoms with Crippen molar-refractivity contribution in [3.8, 4) is 5.75 Å². The van der Waals surface area contributed by atoms with Crippen LogP contribution in [0, 0.1) is 13.8 Å². The topological polar surface area (TPSA) is 67.0 Å². The maximum atomic E-state index is 12.3. The van der Waals surface area contributed by atoms with Crippen LogP contribution < -0.4 is 10.1 Å². The van der Waals surface area contributed by atoms with Crippen LogP contribution >= 0.6 is 23.4 Å². The first-order valence-electron chi connectivity index (χ1n) is 8.28. The second-order valence-electron chi connectivity index (χ2n) is 5.93. The van der Waals surface area contributed by atoms with Crippen LogP contribution in [0.4, 0.5) is 5.69 Å². The first-order valence-corrected chi connectivity index (χ1v) is 9.64. The Kier molecular flexibility index (Phi) is 5.74. The van der Waals surface area contributed by atoms with Gasteiger partial charge in [0.15, 0.2) is 5.16 Å². The van der Waals surface area contributed by atoms with Crippen molar-refractivity contribution in [1.82, 2.24) is 9.97 Å². The second-order valence-corrected chi connectivity index (χ2v) is 7.30. The molecule has 0 unspecified atom stereocenters. The molecule has 3 rings (SSSR count). The lowest BCUT2D eigenvalue weighted by Gasteiger charge is -2.11. The molecule has 5 nitrogen and oxygen atoms in total. The Hall–Kier alpha value is -2.18. The number of anilines is 1. The quantitative estimate of drug-likeness (QED) is 0.584. The minimum absolute atomic E-state index is 0.126. The first-order chi connectivity index (χ1) is 12.5. The predicted octanol–water partition coefficient (Wildman–Crippen LogP) is 4.96. The number of benzene rings is 2. The number of aryl methyl sites for hydroxylation is 2. The maximum Gasteiger partial charge on any atom is 0.234 e. The third kappa shape index (κ3) is 4.31. The van der Waals surface area contributed by atoms with Gasteiger partial charge in [-0.1, -0.05) is 29.4 Å². The molecule has 2 aromatic carbocycles. The SMILES string of the molecule is CCOc1ccc2nc(SCC(=O)Nc3c(C)cc(C)cc3Cl)[nH]c2c1. The van der Waals surface area contributed by atoms with E-state index in [-0.39, 0.29) is 11.7 Å². The molecule has 1 heterocycles. The highest BCUT2D eigenvalue weighted by Crippen LogP contribution is 2.28. The van der Waals surface area contributed by atoms with Gasteiger partial charge in [0.05, 0.1) is 34.1 Å². The minimum Gasteiger partial charge on any atom is -0.494 e. The summed E-state index contributed by atoms with van der Waals surface area (Å²) in [5.41, 5.74) is 4.40. The van der Waals surface area contributed by atoms with Crippen LogP contribution in [0.2, 0.25) is 5.02 Å². The summed E-state index contributed by atoms with van der Waals surface area (Å²) in [5, 5.41) is 4.12. The lowest BCUT2D eigenvalue weighted by molar-refractivity contribution is -0.113. The summed E-state index contributed by atoms with van der Waals surface area (Å²) >= 11 is 7.58. The van der Waals surface area contributed by atoms with Crippen LogP contribution in [0.5, 0.6) is 5.75 Å². The van der Waals surface area contributed by atoms with Crippen molar-refractivity contribution in [3.05, 3.63) is 46.5 Å². The molecule has 0 radical (unpaired) electrons. The number of carbonyl (C=O) groups is 1. The standard InChI is InChI=1S/C19H20ClN3O2S/c1-4-25-13-5-6-15-16(9-13)22-19(21-15)26-10-17(24)23-18-12(3)7-11(2)8-14(18)20/h5-9H,4,10H2,1-3H3,(H,21,22)(H,23,24). The summed E-state index contributed by atoms with van der Waals surface area (Å²) < 4.78 is 5.49. The van der Waals surface area contributed by atoms with Gasteiger partial charge in [-0.2, -0.15) is 0 Å². The molecule has 136 valence electrons. The molecule has 0 spiro atoms. The van der Waals surface area contributed by atoms with Crippen LogP contribution in [0.15, 0.2) is 35.5 Å². The van der Waals surface area contributed by atoms with Crippen molar-refractivity contribution < 1.29 is 9.53 Å². The van der Waals surface area contributed by atoms with Crippen molar-refractivity contribution in [3.63, 3.8) is 0 Å². The van der Waals surface area contributed by atoms with E-state index in [1.54, 1.807) is 0 Å². The number of halogens is 1. The fourth-order valence-electron chi connectivity index (χ4n) is 2.67. The van der Waals surface area contributed by atoms with Crippen molar-refractivity contribution in [1.29, 1.82) is 0 Å². The molecule has 26 heavy (non-hydrogen) atoms. The number of nitrogens with one attached hydrogen (secondary N) is 2. The molecule has 0 aliphatic carbocycles. The summed E-state index contributed by atoms with van der Waals surface area (Å²) in [6, 6.07) is 9.52. The molecular formula is C19H20ClN3O2S. The van der Waals surface area contributed by atoms with Crippen molar-refractivity contribution in [2.24, 2.45) is 0 Å². The predicted molar refractivity (Wildman–Crippen MR) is 108 cm³/mol. The number of imidazole rings is 1. The van der Waals surface area contributed by atoms with E-state index >= 15 is 0 Å². The van der Waals surface area contributed by atoms with Crippen molar-refractivity contribution in [2.75, 3.05) is 17.7 Å². The normalized spacial score (nSPS) is 10.9. The van der Waals surface area contributed by atoms with Gasteiger partial charge in [0.2, 0.25) is 5.91 Å². The molecule has 0 aliphatic heterocycles. The number of thioether (sulfide) groups is 1. The van der Waals surface area contributed by atoms with E-state index < -0.39 is 0 Å². The molecule has 0 saturated heterocycles. The Morgan fingerprint density at radius 3 is 2.85 bits per heavy atom. The van der Waals surface area contributed by atoms with Gasteiger partial charge in [-0.3, -0.25) is 4.79 Å². The first kappa shape index (κ1) is 18.6. The highest BCUT2D eigenvalue weighted by Gasteiger charge is 2.12. The smallest absolute Gasteiger partial charge is 0.234 e. The van der Waals surface area contributed by atoms with Crippen LogP contribution in [-0.4, -0.2) is 28.2 Å². The number of rotatable bonds is 6. The average molecular weight is 390 g/mol. The lowest BCUT2D eigenvalue weighted by Crippen LogP contribution is -2.15. The third-order valence-corrected chi connectivity index (χ3v) is 4.95. The number of hydrogen-bond acceptors (Lipinski definition) is 4. The molecular weight excluding hydrogens is 370 g/mol. The second kappa shape index (κ2) is 8.01. The number of aromatic nitrogens is 2. The summed E-state index contributed by atoms with van der Waals surface area (Å²) in [6.45, 7) is 6.46. The number of nitrogens with zero attached hydrogens (tertiary/aromatic N) is 1. The van der Waals surface area contributed by atoms with Gasteiger partial charge in [-0.25, -0.2) is 4.98 Å². The zero-order chi connectivity index (χ0) is 18.7. The summed E-state index contributed by atoms with van der Waals surface area (Å²) in [6.07, 6.45) is 0. The van der Waals surface area contributed by atoms with Crippen molar-refractivity contribution >= 4 is 46.0 Å². The minimum atomic E-state index is -0.126.